The zero-order chi connectivity index (χ0) is 15.7. The Morgan fingerprint density at radius 2 is 2.00 bits per heavy atom. The second-order valence-electron chi connectivity index (χ2n) is 4.82. The fraction of sp³-hybridized carbons (Fsp3) is 0.286. The Morgan fingerprint density at radius 3 is 2.59 bits per heavy atom. The van der Waals surface area contributed by atoms with Gasteiger partial charge in [0.05, 0.1) is 25.9 Å². The smallest absolute Gasteiger partial charge is 0.325 e. The van der Waals surface area contributed by atoms with Crippen LogP contribution in [0.1, 0.15) is 11.6 Å². The summed E-state index contributed by atoms with van der Waals surface area (Å²) in [6.07, 6.45) is 0. The zero-order valence-electron chi connectivity index (χ0n) is 12.2. The molecule has 2 heterocycles. The molecule has 0 bridgehead atoms. The molecule has 1 aliphatic rings. The summed E-state index contributed by atoms with van der Waals surface area (Å²) < 4.78 is 6.74. The summed E-state index contributed by atoms with van der Waals surface area (Å²) in [5, 5.41) is 6.81. The average molecular weight is 301 g/mol. The molecule has 22 heavy (non-hydrogen) atoms. The number of aryl methyl sites for hydroxylation is 1. The standard InChI is InChI=1S/C14H15N5O3/c1-9-16-12(8-18-13(20)7-15-14(18)21)19(17-9)10-3-5-11(22-2)6-4-10/h3-6H,7-8H2,1-2H3,(H,15,21). The van der Waals surface area contributed by atoms with Crippen LogP contribution >= 0.6 is 0 Å². The molecule has 114 valence electrons. The van der Waals surface area contributed by atoms with Crippen molar-refractivity contribution in [1.82, 2.24) is 25.0 Å². The van der Waals surface area contributed by atoms with Crippen LogP contribution in [0.5, 0.6) is 5.75 Å². The maximum Gasteiger partial charge on any atom is 0.325 e. The molecule has 3 amide bonds. The van der Waals surface area contributed by atoms with E-state index < -0.39 is 6.03 Å². The van der Waals surface area contributed by atoms with Gasteiger partial charge in [0.2, 0.25) is 5.91 Å². The molecule has 1 aromatic heterocycles. The van der Waals surface area contributed by atoms with Crippen LogP contribution < -0.4 is 10.1 Å². The van der Waals surface area contributed by atoms with Crippen molar-refractivity contribution in [1.29, 1.82) is 0 Å². The minimum absolute atomic E-state index is 0.0223. The molecule has 0 atom stereocenters. The number of benzene rings is 1. The third kappa shape index (κ3) is 2.50. The Balaban J connectivity index is 1.92. The summed E-state index contributed by atoms with van der Waals surface area (Å²) in [7, 11) is 1.59. The van der Waals surface area contributed by atoms with Crippen molar-refractivity contribution in [3.8, 4) is 11.4 Å². The first kappa shape index (κ1) is 14.1. The van der Waals surface area contributed by atoms with Gasteiger partial charge in [-0.3, -0.25) is 9.69 Å². The lowest BCUT2D eigenvalue weighted by molar-refractivity contribution is -0.125. The minimum Gasteiger partial charge on any atom is -0.497 e. The van der Waals surface area contributed by atoms with Crippen molar-refractivity contribution in [3.05, 3.63) is 35.9 Å². The molecule has 1 aromatic carbocycles. The van der Waals surface area contributed by atoms with Crippen LogP contribution in [0, 0.1) is 6.92 Å². The van der Waals surface area contributed by atoms with Gasteiger partial charge in [-0.05, 0) is 31.2 Å². The molecular formula is C14H15N5O3. The third-order valence-corrected chi connectivity index (χ3v) is 3.33. The highest BCUT2D eigenvalue weighted by atomic mass is 16.5. The summed E-state index contributed by atoms with van der Waals surface area (Å²) in [4.78, 5) is 28.8. The quantitative estimate of drug-likeness (QED) is 0.837. The number of nitrogens with one attached hydrogen (secondary N) is 1. The van der Waals surface area contributed by atoms with E-state index >= 15 is 0 Å². The van der Waals surface area contributed by atoms with Gasteiger partial charge in [0.1, 0.15) is 11.6 Å². The monoisotopic (exact) mass is 301 g/mol. The molecule has 1 aliphatic heterocycles. The highest BCUT2D eigenvalue weighted by molar-refractivity contribution is 6.01. The van der Waals surface area contributed by atoms with Crippen molar-refractivity contribution in [2.75, 3.05) is 13.7 Å². The third-order valence-electron chi connectivity index (χ3n) is 3.33. The number of methoxy groups -OCH3 is 1. The lowest BCUT2D eigenvalue weighted by Gasteiger charge is -2.12. The van der Waals surface area contributed by atoms with Gasteiger partial charge in [-0.25, -0.2) is 14.5 Å². The Morgan fingerprint density at radius 1 is 1.27 bits per heavy atom. The summed E-state index contributed by atoms with van der Waals surface area (Å²) in [5.74, 6) is 1.55. The van der Waals surface area contributed by atoms with Gasteiger partial charge in [-0.2, -0.15) is 5.10 Å². The van der Waals surface area contributed by atoms with Crippen LogP contribution in [0.2, 0.25) is 0 Å². The van der Waals surface area contributed by atoms with Crippen molar-refractivity contribution in [2.24, 2.45) is 0 Å². The molecule has 8 nitrogen and oxygen atoms in total. The van der Waals surface area contributed by atoms with Gasteiger partial charge in [-0.15, -0.1) is 0 Å². The minimum atomic E-state index is -0.410. The Kier molecular flexibility index (Phi) is 3.50. The van der Waals surface area contributed by atoms with Crippen molar-refractivity contribution >= 4 is 11.9 Å². The van der Waals surface area contributed by atoms with E-state index in [4.69, 9.17) is 4.74 Å². The van der Waals surface area contributed by atoms with E-state index in [-0.39, 0.29) is 19.0 Å². The number of hydrogen-bond acceptors (Lipinski definition) is 5. The Bertz CT molecular complexity index is 707. The van der Waals surface area contributed by atoms with Crippen LogP contribution in [0.25, 0.3) is 5.69 Å². The molecule has 2 aromatic rings. The average Bonchev–Trinajstić information content (AvgIpc) is 3.04. The normalized spacial score (nSPS) is 14.4. The summed E-state index contributed by atoms with van der Waals surface area (Å²) >= 11 is 0. The Labute approximate surface area is 126 Å². The van der Waals surface area contributed by atoms with E-state index in [1.807, 2.05) is 24.3 Å². The number of imide groups is 1. The maximum absolute atomic E-state index is 11.7. The van der Waals surface area contributed by atoms with E-state index in [1.165, 1.54) is 0 Å². The van der Waals surface area contributed by atoms with Gasteiger partial charge < -0.3 is 10.1 Å². The van der Waals surface area contributed by atoms with Gasteiger partial charge in [0, 0.05) is 0 Å². The van der Waals surface area contributed by atoms with E-state index in [0.717, 1.165) is 16.3 Å². The second kappa shape index (κ2) is 5.47. The van der Waals surface area contributed by atoms with E-state index in [2.05, 4.69) is 15.4 Å². The van der Waals surface area contributed by atoms with Gasteiger partial charge >= 0.3 is 6.03 Å². The fourth-order valence-electron chi connectivity index (χ4n) is 2.25. The molecule has 0 aliphatic carbocycles. The van der Waals surface area contributed by atoms with E-state index in [9.17, 15) is 9.59 Å². The predicted octanol–water partition coefficient (Wildman–Crippen LogP) is 0.636. The Hall–Kier alpha value is -2.90. The predicted molar refractivity (Wildman–Crippen MR) is 76.6 cm³/mol. The largest absolute Gasteiger partial charge is 0.497 e. The molecule has 1 N–H and O–H groups in total. The van der Waals surface area contributed by atoms with Crippen LogP contribution in [-0.4, -0.2) is 45.3 Å². The molecule has 8 heteroatoms. The molecule has 0 saturated carbocycles. The first-order chi connectivity index (χ1) is 10.6. The van der Waals surface area contributed by atoms with Crippen LogP contribution in [0.15, 0.2) is 24.3 Å². The molecule has 0 spiro atoms. The number of nitrogens with zero attached hydrogens (tertiary/aromatic N) is 4. The number of aromatic nitrogens is 3. The molecule has 0 radical (unpaired) electrons. The van der Waals surface area contributed by atoms with Gasteiger partial charge in [0.15, 0.2) is 5.82 Å². The highest BCUT2D eigenvalue weighted by Gasteiger charge is 2.30. The topological polar surface area (TPSA) is 89.3 Å². The first-order valence-corrected chi connectivity index (χ1v) is 6.73. The summed E-state index contributed by atoms with van der Waals surface area (Å²) in [6.45, 7) is 1.86. The fourth-order valence-corrected chi connectivity index (χ4v) is 2.25. The lowest BCUT2D eigenvalue weighted by atomic mass is 10.3. The summed E-state index contributed by atoms with van der Waals surface area (Å²) in [5.41, 5.74) is 0.781. The SMILES string of the molecule is COc1ccc(-n2nc(C)nc2CN2C(=O)CNC2=O)cc1. The molecular weight excluding hydrogens is 286 g/mol. The number of ether oxygens (including phenoxy) is 1. The van der Waals surface area contributed by atoms with Crippen molar-refractivity contribution < 1.29 is 14.3 Å². The van der Waals surface area contributed by atoms with Gasteiger partial charge in [-0.1, -0.05) is 0 Å². The summed E-state index contributed by atoms with van der Waals surface area (Å²) in [6, 6.07) is 6.88. The van der Waals surface area contributed by atoms with Crippen molar-refractivity contribution in [2.45, 2.75) is 13.5 Å². The van der Waals surface area contributed by atoms with Gasteiger partial charge in [0.25, 0.3) is 0 Å². The van der Waals surface area contributed by atoms with Crippen LogP contribution in [-0.2, 0) is 11.3 Å². The zero-order valence-corrected chi connectivity index (χ0v) is 12.2. The number of urea groups is 1. The van der Waals surface area contributed by atoms with E-state index in [1.54, 1.807) is 18.7 Å². The maximum atomic E-state index is 11.7. The molecule has 1 saturated heterocycles. The number of hydrogen-bond donors (Lipinski definition) is 1. The van der Waals surface area contributed by atoms with Crippen molar-refractivity contribution in [3.63, 3.8) is 0 Å². The lowest BCUT2D eigenvalue weighted by Crippen LogP contribution is -2.31. The molecule has 1 fully saturated rings. The van der Waals surface area contributed by atoms with Crippen LogP contribution in [0.4, 0.5) is 4.79 Å². The molecule has 0 unspecified atom stereocenters. The number of amides is 3. The number of rotatable bonds is 4. The highest BCUT2D eigenvalue weighted by Crippen LogP contribution is 2.17. The van der Waals surface area contributed by atoms with Crippen LogP contribution in [0.3, 0.4) is 0 Å². The first-order valence-electron chi connectivity index (χ1n) is 6.73. The number of carbonyl (C=O) groups excluding carboxylic acids is 2. The number of carbonyl (C=O) groups is 2. The van der Waals surface area contributed by atoms with E-state index in [0.29, 0.717) is 11.6 Å². The second-order valence-corrected chi connectivity index (χ2v) is 4.82. The molecule has 3 rings (SSSR count).